The predicted molar refractivity (Wildman–Crippen MR) is 82.1 cm³/mol. The fraction of sp³-hybridized carbons (Fsp3) is 0.867. The second-order valence-electron chi connectivity index (χ2n) is 6.01. The molecule has 2 heterocycles. The van der Waals surface area contributed by atoms with Crippen LogP contribution in [-0.4, -0.2) is 68.1 Å². The molecule has 2 aliphatic heterocycles. The zero-order chi connectivity index (χ0) is 15.1. The first kappa shape index (κ1) is 16.1. The summed E-state index contributed by atoms with van der Waals surface area (Å²) in [5, 5.41) is 6.05. The smallest absolute Gasteiger partial charge is 0.320 e. The molecule has 6 nitrogen and oxygen atoms in total. The van der Waals surface area contributed by atoms with Gasteiger partial charge < -0.3 is 20.4 Å². The Balaban J connectivity index is 1.76. The van der Waals surface area contributed by atoms with E-state index in [9.17, 15) is 9.59 Å². The first-order valence-corrected chi connectivity index (χ1v) is 8.18. The Morgan fingerprint density at radius 3 is 2.48 bits per heavy atom. The van der Waals surface area contributed by atoms with Gasteiger partial charge in [0.05, 0.1) is 5.92 Å². The highest BCUT2D eigenvalue weighted by molar-refractivity contribution is 5.81. The van der Waals surface area contributed by atoms with E-state index in [1.807, 2.05) is 16.8 Å². The molecule has 0 aromatic carbocycles. The van der Waals surface area contributed by atoms with Crippen LogP contribution in [0.25, 0.3) is 0 Å². The van der Waals surface area contributed by atoms with Gasteiger partial charge in [-0.3, -0.25) is 4.79 Å². The second-order valence-corrected chi connectivity index (χ2v) is 6.01. The van der Waals surface area contributed by atoms with E-state index >= 15 is 0 Å². The van der Waals surface area contributed by atoms with Crippen LogP contribution < -0.4 is 10.6 Å². The summed E-state index contributed by atoms with van der Waals surface area (Å²) in [7, 11) is 1.91. The van der Waals surface area contributed by atoms with E-state index in [0.717, 1.165) is 58.3 Å². The summed E-state index contributed by atoms with van der Waals surface area (Å²) >= 11 is 0. The van der Waals surface area contributed by atoms with Gasteiger partial charge in [-0.1, -0.05) is 0 Å². The van der Waals surface area contributed by atoms with Gasteiger partial charge in [0.25, 0.3) is 0 Å². The van der Waals surface area contributed by atoms with Gasteiger partial charge in [0.15, 0.2) is 0 Å². The van der Waals surface area contributed by atoms with E-state index in [4.69, 9.17) is 0 Å². The number of nitrogens with zero attached hydrogens (tertiary/aromatic N) is 2. The first-order chi connectivity index (χ1) is 10.2. The lowest BCUT2D eigenvalue weighted by Gasteiger charge is -2.34. The van der Waals surface area contributed by atoms with Crippen molar-refractivity contribution in [3.63, 3.8) is 0 Å². The molecule has 2 rings (SSSR count). The molecule has 2 fully saturated rings. The van der Waals surface area contributed by atoms with Gasteiger partial charge in [-0.15, -0.1) is 0 Å². The molecule has 2 N–H and O–H groups in total. The van der Waals surface area contributed by atoms with Crippen LogP contribution in [0.3, 0.4) is 0 Å². The van der Waals surface area contributed by atoms with Crippen LogP contribution in [0.5, 0.6) is 0 Å². The fourth-order valence-electron chi connectivity index (χ4n) is 3.09. The summed E-state index contributed by atoms with van der Waals surface area (Å²) in [6, 6.07) is 0.125. The summed E-state index contributed by atoms with van der Waals surface area (Å²) in [5.74, 6) is 0.0601. The van der Waals surface area contributed by atoms with Crippen LogP contribution in [0.4, 0.5) is 4.79 Å². The van der Waals surface area contributed by atoms with Gasteiger partial charge in [0.1, 0.15) is 0 Å². The first-order valence-electron chi connectivity index (χ1n) is 8.18. The monoisotopic (exact) mass is 296 g/mol. The highest BCUT2D eigenvalue weighted by atomic mass is 16.2. The molecule has 0 aliphatic carbocycles. The molecule has 3 amide bonds. The molecule has 2 saturated heterocycles. The number of carbonyl (C=O) groups excluding carboxylic acids is 2. The largest absolute Gasteiger partial charge is 0.356 e. The number of likely N-dealkylation sites (tertiary alicyclic amines) is 2. The summed E-state index contributed by atoms with van der Waals surface area (Å²) in [5.41, 5.74) is 0. The normalized spacial score (nSPS) is 22.4. The third-order valence-electron chi connectivity index (χ3n) is 4.34. The number of hydrogen-bond acceptors (Lipinski definition) is 3. The molecule has 21 heavy (non-hydrogen) atoms. The van der Waals surface area contributed by atoms with Gasteiger partial charge in [-0.05, 0) is 45.7 Å². The number of urea groups is 1. The van der Waals surface area contributed by atoms with Gasteiger partial charge >= 0.3 is 6.03 Å². The number of rotatable bonds is 5. The standard InChI is InChI=1S/C15H28N4O2/c1-16-7-5-8-17-14(20)13-6-4-11-19(12-13)15(21)18-9-2-3-10-18/h13,16H,2-12H2,1H3,(H,17,20). The van der Waals surface area contributed by atoms with Crippen molar-refractivity contribution in [3.8, 4) is 0 Å². The Hall–Kier alpha value is -1.30. The molecule has 1 atom stereocenters. The third kappa shape index (κ3) is 4.59. The zero-order valence-corrected chi connectivity index (χ0v) is 13.1. The number of piperidine rings is 1. The van der Waals surface area contributed by atoms with Crippen molar-refractivity contribution in [2.75, 3.05) is 46.3 Å². The average Bonchev–Trinajstić information content (AvgIpc) is 3.05. The van der Waals surface area contributed by atoms with Crippen LogP contribution in [0.15, 0.2) is 0 Å². The third-order valence-corrected chi connectivity index (χ3v) is 4.34. The van der Waals surface area contributed by atoms with E-state index in [2.05, 4.69) is 10.6 Å². The summed E-state index contributed by atoms with van der Waals surface area (Å²) in [6.07, 6.45) is 4.96. The van der Waals surface area contributed by atoms with Crippen molar-refractivity contribution < 1.29 is 9.59 Å². The number of hydrogen-bond donors (Lipinski definition) is 2. The number of amides is 3. The molecular formula is C15H28N4O2. The van der Waals surface area contributed by atoms with Crippen LogP contribution in [0.1, 0.15) is 32.1 Å². The minimum absolute atomic E-state index is 0.0418. The molecule has 0 saturated carbocycles. The lowest BCUT2D eigenvalue weighted by Crippen LogP contribution is -2.49. The molecule has 0 aromatic rings. The highest BCUT2D eigenvalue weighted by Gasteiger charge is 2.31. The average molecular weight is 296 g/mol. The summed E-state index contributed by atoms with van der Waals surface area (Å²) < 4.78 is 0. The maximum absolute atomic E-state index is 12.4. The van der Waals surface area contributed by atoms with E-state index in [0.29, 0.717) is 13.1 Å². The van der Waals surface area contributed by atoms with Crippen molar-refractivity contribution in [2.24, 2.45) is 5.92 Å². The Kier molecular flexibility index (Phi) is 6.29. The summed E-state index contributed by atoms with van der Waals surface area (Å²) in [4.78, 5) is 28.3. The topological polar surface area (TPSA) is 64.7 Å². The van der Waals surface area contributed by atoms with E-state index < -0.39 is 0 Å². The van der Waals surface area contributed by atoms with Crippen molar-refractivity contribution in [1.82, 2.24) is 20.4 Å². The number of carbonyl (C=O) groups is 2. The van der Waals surface area contributed by atoms with Crippen LogP contribution in [-0.2, 0) is 4.79 Å². The van der Waals surface area contributed by atoms with Gasteiger partial charge in [0.2, 0.25) is 5.91 Å². The van der Waals surface area contributed by atoms with Crippen molar-refractivity contribution in [1.29, 1.82) is 0 Å². The SMILES string of the molecule is CNCCCNC(=O)C1CCCN(C(=O)N2CCCC2)C1. The Morgan fingerprint density at radius 2 is 1.76 bits per heavy atom. The maximum atomic E-state index is 12.4. The van der Waals surface area contributed by atoms with Crippen LogP contribution >= 0.6 is 0 Å². The molecule has 120 valence electrons. The lowest BCUT2D eigenvalue weighted by molar-refractivity contribution is -0.126. The number of nitrogens with one attached hydrogen (secondary N) is 2. The Bertz CT molecular complexity index is 356. The summed E-state index contributed by atoms with van der Waals surface area (Å²) in [6.45, 7) is 4.72. The fourth-order valence-corrected chi connectivity index (χ4v) is 3.09. The molecule has 0 spiro atoms. The van der Waals surface area contributed by atoms with Crippen molar-refractivity contribution in [2.45, 2.75) is 32.1 Å². The molecule has 2 aliphatic rings. The molecule has 6 heteroatoms. The van der Waals surface area contributed by atoms with E-state index in [1.54, 1.807) is 0 Å². The molecular weight excluding hydrogens is 268 g/mol. The maximum Gasteiger partial charge on any atom is 0.320 e. The van der Waals surface area contributed by atoms with Crippen LogP contribution in [0, 0.1) is 5.92 Å². The minimum Gasteiger partial charge on any atom is -0.356 e. The van der Waals surface area contributed by atoms with Gasteiger partial charge in [-0.25, -0.2) is 4.79 Å². The minimum atomic E-state index is -0.0418. The molecule has 0 bridgehead atoms. The molecule has 0 aromatic heterocycles. The van der Waals surface area contributed by atoms with E-state index in [-0.39, 0.29) is 17.9 Å². The highest BCUT2D eigenvalue weighted by Crippen LogP contribution is 2.19. The van der Waals surface area contributed by atoms with Crippen molar-refractivity contribution in [3.05, 3.63) is 0 Å². The predicted octanol–water partition coefficient (Wildman–Crippen LogP) is 0.640. The lowest BCUT2D eigenvalue weighted by atomic mass is 9.97. The van der Waals surface area contributed by atoms with Crippen LogP contribution in [0.2, 0.25) is 0 Å². The van der Waals surface area contributed by atoms with E-state index in [1.165, 1.54) is 0 Å². The quantitative estimate of drug-likeness (QED) is 0.732. The zero-order valence-electron chi connectivity index (χ0n) is 13.1. The molecule has 1 unspecified atom stereocenters. The van der Waals surface area contributed by atoms with Gasteiger partial charge in [0, 0.05) is 32.7 Å². The Labute approximate surface area is 127 Å². The van der Waals surface area contributed by atoms with Gasteiger partial charge in [-0.2, -0.15) is 0 Å². The molecule has 0 radical (unpaired) electrons. The van der Waals surface area contributed by atoms with Crippen molar-refractivity contribution >= 4 is 11.9 Å². The second kappa shape index (κ2) is 8.22. The Morgan fingerprint density at radius 1 is 1.05 bits per heavy atom.